The predicted molar refractivity (Wildman–Crippen MR) is 77.8 cm³/mol. The van der Waals surface area contributed by atoms with E-state index in [-0.39, 0.29) is 13.0 Å². The van der Waals surface area contributed by atoms with Gasteiger partial charge in [-0.05, 0) is 12.1 Å². The molecule has 0 aliphatic carbocycles. The summed E-state index contributed by atoms with van der Waals surface area (Å²) in [4.78, 5) is 23.9. The molecule has 1 aromatic rings. The van der Waals surface area contributed by atoms with E-state index in [0.717, 1.165) is 0 Å². The van der Waals surface area contributed by atoms with Crippen molar-refractivity contribution in [2.24, 2.45) is 0 Å². The van der Waals surface area contributed by atoms with Crippen LogP contribution in [-0.2, 0) is 23.7 Å². The van der Waals surface area contributed by atoms with Gasteiger partial charge in [0.25, 0.3) is 5.79 Å². The molecule has 8 nitrogen and oxygen atoms in total. The zero-order valence-corrected chi connectivity index (χ0v) is 13.0. The number of carbonyl (C=O) groups excluding carboxylic acids is 2. The van der Waals surface area contributed by atoms with Crippen LogP contribution in [0.25, 0.3) is 0 Å². The molecule has 130 valence electrons. The summed E-state index contributed by atoms with van der Waals surface area (Å²) in [5.74, 6) is -3.17. The Hall–Kier alpha value is -2.00. The van der Waals surface area contributed by atoms with E-state index < -0.39 is 42.1 Å². The van der Waals surface area contributed by atoms with E-state index in [1.165, 1.54) is 7.11 Å². The molecule has 1 unspecified atom stereocenters. The van der Waals surface area contributed by atoms with Gasteiger partial charge in [-0.2, -0.15) is 0 Å². The molecule has 2 bridgehead atoms. The fourth-order valence-electron chi connectivity index (χ4n) is 2.92. The van der Waals surface area contributed by atoms with Crippen molar-refractivity contribution in [1.82, 2.24) is 0 Å². The Bertz CT molecular complexity index is 618. The van der Waals surface area contributed by atoms with Crippen molar-refractivity contribution in [3.63, 3.8) is 0 Å². The summed E-state index contributed by atoms with van der Waals surface area (Å²) in [6, 6.07) is 8.37. The van der Waals surface area contributed by atoms with Gasteiger partial charge in [-0.1, -0.05) is 18.2 Å². The van der Waals surface area contributed by atoms with Crippen LogP contribution < -0.4 is 0 Å². The van der Waals surface area contributed by atoms with Gasteiger partial charge in [-0.25, -0.2) is 9.59 Å². The SMILES string of the molecule is COC(=O)[C@]12C[C@H](O)C(O)[C@@H](O1)[C@H](COC(=O)c1ccccc1)O2. The van der Waals surface area contributed by atoms with E-state index in [4.69, 9.17) is 14.2 Å². The minimum Gasteiger partial charge on any atom is -0.465 e. The molecular weight excluding hydrogens is 320 g/mol. The van der Waals surface area contributed by atoms with Gasteiger partial charge in [0.2, 0.25) is 0 Å². The molecule has 2 N–H and O–H groups in total. The van der Waals surface area contributed by atoms with Gasteiger partial charge >= 0.3 is 11.9 Å². The molecule has 24 heavy (non-hydrogen) atoms. The van der Waals surface area contributed by atoms with Gasteiger partial charge in [0.1, 0.15) is 24.9 Å². The molecule has 2 fully saturated rings. The highest BCUT2D eigenvalue weighted by Gasteiger charge is 2.62. The van der Waals surface area contributed by atoms with Crippen LogP contribution in [0.15, 0.2) is 30.3 Å². The predicted octanol–water partition coefficient (Wildman–Crippen LogP) is -0.378. The van der Waals surface area contributed by atoms with Crippen molar-refractivity contribution in [2.75, 3.05) is 13.7 Å². The van der Waals surface area contributed by atoms with E-state index in [1.807, 2.05) is 0 Å². The second-order valence-corrected chi connectivity index (χ2v) is 5.71. The maximum absolute atomic E-state index is 12.0. The van der Waals surface area contributed by atoms with Gasteiger partial charge in [-0.15, -0.1) is 0 Å². The summed E-state index contributed by atoms with van der Waals surface area (Å²) in [6.45, 7) is -0.235. The molecule has 2 aliphatic heterocycles. The van der Waals surface area contributed by atoms with Crippen molar-refractivity contribution in [1.29, 1.82) is 0 Å². The Kier molecular flexibility index (Phi) is 4.55. The lowest BCUT2D eigenvalue weighted by atomic mass is 9.96. The monoisotopic (exact) mass is 338 g/mol. The number of hydrogen-bond donors (Lipinski definition) is 2. The number of carbonyl (C=O) groups is 2. The second kappa shape index (κ2) is 6.48. The van der Waals surface area contributed by atoms with Crippen LogP contribution in [0.4, 0.5) is 0 Å². The Morgan fingerprint density at radius 1 is 1.25 bits per heavy atom. The molecule has 0 amide bonds. The third-order valence-corrected chi connectivity index (χ3v) is 4.13. The average Bonchev–Trinajstić information content (AvgIpc) is 2.93. The summed E-state index contributed by atoms with van der Waals surface area (Å²) in [6.07, 6.45) is -4.63. The zero-order chi connectivity index (χ0) is 17.3. The van der Waals surface area contributed by atoms with Crippen molar-refractivity contribution < 1.29 is 38.7 Å². The van der Waals surface area contributed by atoms with Crippen LogP contribution in [0, 0.1) is 0 Å². The minimum absolute atomic E-state index is 0.235. The molecule has 5 atom stereocenters. The molecule has 2 saturated heterocycles. The van der Waals surface area contributed by atoms with Gasteiger partial charge in [0.05, 0.1) is 18.8 Å². The van der Waals surface area contributed by atoms with E-state index >= 15 is 0 Å². The number of fused-ring (bicyclic) bond motifs is 2. The van der Waals surface area contributed by atoms with E-state index in [9.17, 15) is 19.8 Å². The largest absolute Gasteiger partial charge is 0.465 e. The number of esters is 2. The maximum atomic E-state index is 12.0. The quantitative estimate of drug-likeness (QED) is 0.715. The number of aliphatic hydroxyl groups excluding tert-OH is 2. The van der Waals surface area contributed by atoms with Crippen molar-refractivity contribution in [3.05, 3.63) is 35.9 Å². The zero-order valence-electron chi connectivity index (χ0n) is 13.0. The highest BCUT2D eigenvalue weighted by Crippen LogP contribution is 2.41. The second-order valence-electron chi connectivity index (χ2n) is 5.71. The van der Waals surface area contributed by atoms with Crippen LogP contribution in [-0.4, -0.2) is 66.1 Å². The number of benzene rings is 1. The lowest BCUT2D eigenvalue weighted by Gasteiger charge is -2.34. The summed E-state index contributed by atoms with van der Waals surface area (Å²) in [5, 5.41) is 20.0. The summed E-state index contributed by atoms with van der Waals surface area (Å²) in [7, 11) is 1.17. The molecule has 0 radical (unpaired) electrons. The van der Waals surface area contributed by atoms with Gasteiger partial charge in [-0.3, -0.25) is 0 Å². The van der Waals surface area contributed by atoms with Crippen molar-refractivity contribution >= 4 is 11.9 Å². The number of hydrogen-bond acceptors (Lipinski definition) is 8. The molecule has 0 aromatic heterocycles. The van der Waals surface area contributed by atoms with Crippen molar-refractivity contribution in [3.8, 4) is 0 Å². The van der Waals surface area contributed by atoms with Crippen LogP contribution in [0.3, 0.4) is 0 Å². The fourth-order valence-corrected chi connectivity index (χ4v) is 2.92. The molecule has 2 heterocycles. The molecule has 0 spiro atoms. The van der Waals surface area contributed by atoms with Gasteiger partial charge in [0.15, 0.2) is 0 Å². The topological polar surface area (TPSA) is 112 Å². The number of ether oxygens (including phenoxy) is 4. The first-order chi connectivity index (χ1) is 11.5. The van der Waals surface area contributed by atoms with E-state index in [0.29, 0.717) is 5.56 Å². The Morgan fingerprint density at radius 3 is 2.62 bits per heavy atom. The molecule has 8 heteroatoms. The highest BCUT2D eigenvalue weighted by atomic mass is 16.8. The Balaban J connectivity index is 1.70. The van der Waals surface area contributed by atoms with E-state index in [1.54, 1.807) is 30.3 Å². The van der Waals surface area contributed by atoms with Gasteiger partial charge < -0.3 is 29.2 Å². The lowest BCUT2D eigenvalue weighted by Crippen LogP contribution is -2.54. The maximum Gasteiger partial charge on any atom is 0.366 e. The lowest BCUT2D eigenvalue weighted by molar-refractivity contribution is -0.246. The van der Waals surface area contributed by atoms with Crippen LogP contribution in [0.2, 0.25) is 0 Å². The number of methoxy groups -OCH3 is 1. The molecule has 1 aromatic carbocycles. The molecule has 2 aliphatic rings. The first kappa shape index (κ1) is 16.8. The minimum atomic E-state index is -1.79. The Labute approximate surface area is 137 Å². The molecule has 0 saturated carbocycles. The summed E-state index contributed by atoms with van der Waals surface area (Å²) < 4.78 is 20.9. The van der Waals surface area contributed by atoms with Crippen LogP contribution in [0.1, 0.15) is 16.8 Å². The third-order valence-electron chi connectivity index (χ3n) is 4.13. The summed E-state index contributed by atoms with van der Waals surface area (Å²) in [5.41, 5.74) is 0.364. The average molecular weight is 338 g/mol. The number of rotatable bonds is 4. The first-order valence-electron chi connectivity index (χ1n) is 7.49. The van der Waals surface area contributed by atoms with Crippen LogP contribution in [0.5, 0.6) is 0 Å². The smallest absolute Gasteiger partial charge is 0.366 e. The van der Waals surface area contributed by atoms with Gasteiger partial charge in [0, 0.05) is 6.42 Å². The standard InChI is InChI=1S/C16H18O8/c1-21-15(20)16-7-10(17)12(18)13(24-16)11(23-16)8-22-14(19)9-5-3-2-4-6-9/h2-6,10-13,17-18H,7-8H2,1H3/t10-,11-,12?,13-,16-/m0/s1. The number of aliphatic hydroxyl groups is 2. The molecule has 3 rings (SSSR count). The summed E-state index contributed by atoms with van der Waals surface area (Å²) >= 11 is 0. The third kappa shape index (κ3) is 2.89. The van der Waals surface area contributed by atoms with Crippen LogP contribution >= 0.6 is 0 Å². The normalized spacial score (nSPS) is 34.6. The van der Waals surface area contributed by atoms with E-state index in [2.05, 4.69) is 4.74 Å². The molecular formula is C16H18O8. The highest BCUT2D eigenvalue weighted by molar-refractivity contribution is 5.89. The Morgan fingerprint density at radius 2 is 1.96 bits per heavy atom. The van der Waals surface area contributed by atoms with Crippen molar-refractivity contribution in [2.45, 2.75) is 36.6 Å². The first-order valence-corrected chi connectivity index (χ1v) is 7.49. The fraction of sp³-hybridized carbons (Fsp3) is 0.500.